The second-order valence-electron chi connectivity index (χ2n) is 6.52. The largest absolute Gasteiger partial charge is 0.372 e. The minimum atomic E-state index is 0.479. The van der Waals surface area contributed by atoms with E-state index in [1.165, 1.54) is 51.4 Å². The van der Waals surface area contributed by atoms with Gasteiger partial charge in [-0.05, 0) is 45.6 Å². The van der Waals surface area contributed by atoms with Crippen LogP contribution in [0.2, 0.25) is 0 Å². The third-order valence-electron chi connectivity index (χ3n) is 4.85. The molecule has 104 valence electrons. The van der Waals surface area contributed by atoms with E-state index in [2.05, 4.69) is 17.3 Å². The average Bonchev–Trinajstić information content (AvgIpc) is 2.88. The van der Waals surface area contributed by atoms with Gasteiger partial charge in [-0.25, -0.2) is 0 Å². The molecule has 0 aromatic carbocycles. The molecule has 0 bridgehead atoms. The van der Waals surface area contributed by atoms with E-state index in [-0.39, 0.29) is 0 Å². The number of ether oxygens (including phenoxy) is 1. The molecule has 3 rings (SSSR count). The molecule has 0 amide bonds. The summed E-state index contributed by atoms with van der Waals surface area (Å²) >= 11 is 0. The van der Waals surface area contributed by atoms with E-state index < -0.39 is 0 Å². The molecule has 1 heterocycles. The van der Waals surface area contributed by atoms with Crippen LogP contribution < -0.4 is 5.32 Å². The molecule has 2 saturated carbocycles. The average molecular weight is 252 g/mol. The topological polar surface area (TPSA) is 24.5 Å². The molecule has 1 saturated heterocycles. The number of nitrogens with zero attached hydrogens (tertiary/aromatic N) is 1. The molecule has 2 aliphatic carbocycles. The normalized spacial score (nSPS) is 33.7. The molecule has 0 spiro atoms. The van der Waals surface area contributed by atoms with E-state index in [9.17, 15) is 0 Å². The minimum absolute atomic E-state index is 0.479. The van der Waals surface area contributed by atoms with E-state index >= 15 is 0 Å². The predicted octanol–water partition coefficient (Wildman–Crippen LogP) is 2.16. The summed E-state index contributed by atoms with van der Waals surface area (Å²) in [6.07, 6.45) is 11.9. The first-order valence-electron chi connectivity index (χ1n) is 7.90. The number of nitrogens with one attached hydrogen (secondary N) is 1. The molecule has 0 radical (unpaired) electrons. The number of likely N-dealkylation sites (N-methyl/N-ethyl adjacent to an activating group) is 1. The lowest BCUT2D eigenvalue weighted by Gasteiger charge is -2.27. The third-order valence-corrected chi connectivity index (χ3v) is 4.85. The van der Waals surface area contributed by atoms with Gasteiger partial charge in [0.1, 0.15) is 0 Å². The Balaban J connectivity index is 1.35. The van der Waals surface area contributed by atoms with Crippen molar-refractivity contribution in [3.05, 3.63) is 0 Å². The van der Waals surface area contributed by atoms with Crippen LogP contribution >= 0.6 is 0 Å². The summed E-state index contributed by atoms with van der Waals surface area (Å²) in [7, 11) is 2.29. The Labute approximate surface area is 111 Å². The van der Waals surface area contributed by atoms with Crippen LogP contribution in [0.4, 0.5) is 0 Å². The second-order valence-corrected chi connectivity index (χ2v) is 6.52. The van der Waals surface area contributed by atoms with E-state index in [4.69, 9.17) is 4.74 Å². The summed E-state index contributed by atoms with van der Waals surface area (Å²) < 4.78 is 6.17. The molecule has 3 heteroatoms. The molecular formula is C15H28N2O. The fraction of sp³-hybridized carbons (Fsp3) is 1.00. The highest BCUT2D eigenvalue weighted by molar-refractivity contribution is 4.85. The van der Waals surface area contributed by atoms with Crippen molar-refractivity contribution in [3.63, 3.8) is 0 Å². The summed E-state index contributed by atoms with van der Waals surface area (Å²) in [6.45, 7) is 2.22. The predicted molar refractivity (Wildman–Crippen MR) is 73.8 cm³/mol. The lowest BCUT2D eigenvalue weighted by Crippen LogP contribution is -2.37. The zero-order valence-electron chi connectivity index (χ0n) is 11.7. The van der Waals surface area contributed by atoms with Crippen LogP contribution in [0.1, 0.15) is 51.4 Å². The smallest absolute Gasteiger partial charge is 0.0707 e. The van der Waals surface area contributed by atoms with Crippen LogP contribution in [0.3, 0.4) is 0 Å². The zero-order valence-corrected chi connectivity index (χ0v) is 11.7. The second kappa shape index (κ2) is 5.89. The number of rotatable bonds is 6. The summed E-state index contributed by atoms with van der Waals surface area (Å²) in [5.41, 5.74) is 0. The maximum Gasteiger partial charge on any atom is 0.0707 e. The van der Waals surface area contributed by atoms with Gasteiger partial charge in [0.05, 0.1) is 12.2 Å². The van der Waals surface area contributed by atoms with Crippen molar-refractivity contribution in [1.29, 1.82) is 0 Å². The Bertz CT molecular complexity index is 261. The maximum absolute atomic E-state index is 6.17. The van der Waals surface area contributed by atoms with Crippen LogP contribution in [-0.2, 0) is 4.74 Å². The summed E-state index contributed by atoms with van der Waals surface area (Å²) in [5, 5.41) is 3.59. The van der Waals surface area contributed by atoms with Gasteiger partial charge in [0.25, 0.3) is 0 Å². The molecule has 3 nitrogen and oxygen atoms in total. The summed E-state index contributed by atoms with van der Waals surface area (Å²) in [4.78, 5) is 2.55. The highest BCUT2D eigenvalue weighted by Gasteiger charge is 2.30. The van der Waals surface area contributed by atoms with Gasteiger partial charge in [-0.1, -0.05) is 12.8 Å². The van der Waals surface area contributed by atoms with Crippen LogP contribution in [0.15, 0.2) is 0 Å². The molecule has 0 aromatic rings. The van der Waals surface area contributed by atoms with E-state index in [0.29, 0.717) is 12.2 Å². The first-order valence-corrected chi connectivity index (χ1v) is 7.90. The Kier molecular flexibility index (Phi) is 4.22. The molecule has 2 atom stereocenters. The highest BCUT2D eigenvalue weighted by Crippen LogP contribution is 2.26. The first kappa shape index (κ1) is 12.9. The van der Waals surface area contributed by atoms with Crippen molar-refractivity contribution in [2.45, 2.75) is 75.7 Å². The summed E-state index contributed by atoms with van der Waals surface area (Å²) in [5.74, 6) is 0. The van der Waals surface area contributed by atoms with E-state index in [0.717, 1.165) is 25.2 Å². The van der Waals surface area contributed by atoms with Crippen LogP contribution in [-0.4, -0.2) is 49.3 Å². The summed E-state index contributed by atoms with van der Waals surface area (Å²) in [6, 6.07) is 1.64. The standard InChI is InChI=1S/C15H28N2O/c1-17(13-4-2-3-5-13)11-15-9-8-14(18-15)10-16-12-6-7-12/h12-16H,2-11H2,1H3. The van der Waals surface area contributed by atoms with Crippen molar-refractivity contribution >= 4 is 0 Å². The lowest BCUT2D eigenvalue weighted by atomic mass is 10.1. The number of hydrogen-bond acceptors (Lipinski definition) is 3. The molecule has 3 aliphatic rings. The molecule has 1 N–H and O–H groups in total. The van der Waals surface area contributed by atoms with Crippen LogP contribution in [0.25, 0.3) is 0 Å². The highest BCUT2D eigenvalue weighted by atomic mass is 16.5. The van der Waals surface area contributed by atoms with Crippen molar-refractivity contribution in [3.8, 4) is 0 Å². The van der Waals surface area contributed by atoms with Crippen molar-refractivity contribution in [1.82, 2.24) is 10.2 Å². The lowest BCUT2D eigenvalue weighted by molar-refractivity contribution is 0.0209. The van der Waals surface area contributed by atoms with Gasteiger partial charge in [0.15, 0.2) is 0 Å². The van der Waals surface area contributed by atoms with E-state index in [1.54, 1.807) is 0 Å². The molecule has 2 unspecified atom stereocenters. The third kappa shape index (κ3) is 3.46. The Morgan fingerprint density at radius 3 is 2.44 bits per heavy atom. The van der Waals surface area contributed by atoms with Gasteiger partial charge in [0.2, 0.25) is 0 Å². The van der Waals surface area contributed by atoms with Gasteiger partial charge in [-0.3, -0.25) is 0 Å². The minimum Gasteiger partial charge on any atom is -0.372 e. The Morgan fingerprint density at radius 1 is 1.00 bits per heavy atom. The van der Waals surface area contributed by atoms with Gasteiger partial charge >= 0.3 is 0 Å². The van der Waals surface area contributed by atoms with Crippen molar-refractivity contribution in [2.75, 3.05) is 20.1 Å². The van der Waals surface area contributed by atoms with Gasteiger partial charge in [-0.2, -0.15) is 0 Å². The van der Waals surface area contributed by atoms with Gasteiger partial charge in [-0.15, -0.1) is 0 Å². The Morgan fingerprint density at radius 2 is 1.72 bits per heavy atom. The van der Waals surface area contributed by atoms with Crippen LogP contribution in [0.5, 0.6) is 0 Å². The SMILES string of the molecule is CN(CC1CCC(CNC2CC2)O1)C1CCCC1. The van der Waals surface area contributed by atoms with Gasteiger partial charge < -0.3 is 15.0 Å². The fourth-order valence-corrected chi connectivity index (χ4v) is 3.47. The van der Waals surface area contributed by atoms with E-state index in [1.807, 2.05) is 0 Å². The molecule has 18 heavy (non-hydrogen) atoms. The maximum atomic E-state index is 6.17. The zero-order chi connectivity index (χ0) is 12.4. The first-order chi connectivity index (χ1) is 8.81. The van der Waals surface area contributed by atoms with Crippen molar-refractivity contribution in [2.24, 2.45) is 0 Å². The molecule has 0 aromatic heterocycles. The molecule has 3 fully saturated rings. The van der Waals surface area contributed by atoms with Gasteiger partial charge in [0, 0.05) is 25.2 Å². The molecule has 1 aliphatic heterocycles. The monoisotopic (exact) mass is 252 g/mol. The number of hydrogen-bond donors (Lipinski definition) is 1. The quantitative estimate of drug-likeness (QED) is 0.784. The Hall–Kier alpha value is -0.120. The molecular weight excluding hydrogens is 224 g/mol. The fourth-order valence-electron chi connectivity index (χ4n) is 3.47. The van der Waals surface area contributed by atoms with Crippen LogP contribution in [0, 0.1) is 0 Å². The van der Waals surface area contributed by atoms with Crippen molar-refractivity contribution < 1.29 is 4.74 Å².